The summed E-state index contributed by atoms with van der Waals surface area (Å²) in [6, 6.07) is 3.59. The van der Waals surface area contributed by atoms with Crippen molar-refractivity contribution in [1.82, 2.24) is 20.0 Å². The van der Waals surface area contributed by atoms with Crippen molar-refractivity contribution in [3.8, 4) is 11.4 Å². The Morgan fingerprint density at radius 1 is 1.23 bits per heavy atom. The van der Waals surface area contributed by atoms with Crippen LogP contribution in [0.1, 0.15) is 64.5 Å². The molecule has 1 fully saturated rings. The number of nitrogens with zero attached hydrogens (tertiary/aromatic N) is 4. The fraction of sp³-hybridized carbons (Fsp3) is 0.591. The van der Waals surface area contributed by atoms with Crippen molar-refractivity contribution >= 4 is 23.5 Å². The molecule has 2 N–H and O–H groups in total. The Morgan fingerprint density at radius 2 is 1.97 bits per heavy atom. The first-order valence-electron chi connectivity index (χ1n) is 11.0. The number of anilines is 2. The summed E-state index contributed by atoms with van der Waals surface area (Å²) in [6.07, 6.45) is 6.29. The monoisotopic (exact) mass is 428 g/mol. The minimum Gasteiger partial charge on any atom is -0.446 e. The van der Waals surface area contributed by atoms with Crippen molar-refractivity contribution in [3.63, 3.8) is 0 Å². The van der Waals surface area contributed by atoms with E-state index in [1.165, 1.54) is 11.1 Å². The lowest BCUT2D eigenvalue weighted by atomic mass is 9.88. The smallest absolute Gasteiger partial charge is 0.413 e. The average Bonchev–Trinajstić information content (AvgIpc) is 3.10. The second-order valence-electron chi connectivity index (χ2n) is 8.19. The molecule has 1 aliphatic rings. The Labute approximate surface area is 183 Å². The topological polar surface area (TPSA) is 111 Å². The summed E-state index contributed by atoms with van der Waals surface area (Å²) in [7, 11) is 1.69. The van der Waals surface area contributed by atoms with Crippen LogP contribution in [-0.2, 0) is 16.6 Å². The lowest BCUT2D eigenvalue weighted by Crippen LogP contribution is -2.25. The largest absolute Gasteiger partial charge is 0.446 e. The van der Waals surface area contributed by atoms with Gasteiger partial charge in [-0.25, -0.2) is 14.5 Å². The number of carbonyl (C=O) groups excluding carboxylic acids is 2. The number of aryl methyl sites for hydroxylation is 2. The first-order chi connectivity index (χ1) is 14.9. The molecule has 0 spiro atoms. The van der Waals surface area contributed by atoms with Crippen LogP contribution >= 0.6 is 0 Å². The highest BCUT2D eigenvalue weighted by Gasteiger charge is 2.23. The standard InChI is InChI=1S/C22H32N6O3/c1-5-9-14(2)31-22(30)25-20-19(26-27-28(20)4)18-13-12-17(15(3)23-18)24-21(29)16-10-7-6-8-11-16/h12-14,16H,5-11H2,1-4H3,(H,24,29)(H,25,30)/t14-/m0/s1. The minimum absolute atomic E-state index is 0.0585. The average molecular weight is 429 g/mol. The van der Waals surface area contributed by atoms with Crippen molar-refractivity contribution in [2.45, 2.75) is 71.8 Å². The number of rotatable bonds is 7. The van der Waals surface area contributed by atoms with E-state index in [-0.39, 0.29) is 17.9 Å². The maximum atomic E-state index is 12.6. The van der Waals surface area contributed by atoms with Gasteiger partial charge in [-0.1, -0.05) is 37.8 Å². The molecule has 31 heavy (non-hydrogen) atoms. The van der Waals surface area contributed by atoms with E-state index >= 15 is 0 Å². The van der Waals surface area contributed by atoms with Crippen LogP contribution in [0.5, 0.6) is 0 Å². The van der Waals surface area contributed by atoms with E-state index in [2.05, 4.69) is 25.9 Å². The first-order valence-corrected chi connectivity index (χ1v) is 11.0. The van der Waals surface area contributed by atoms with Gasteiger partial charge in [0.05, 0.1) is 17.1 Å². The van der Waals surface area contributed by atoms with Crippen LogP contribution in [0, 0.1) is 12.8 Å². The van der Waals surface area contributed by atoms with Gasteiger partial charge >= 0.3 is 6.09 Å². The maximum absolute atomic E-state index is 12.6. The normalized spacial score (nSPS) is 15.4. The van der Waals surface area contributed by atoms with Crippen LogP contribution in [0.15, 0.2) is 12.1 Å². The third-order valence-electron chi connectivity index (χ3n) is 5.61. The fourth-order valence-corrected chi connectivity index (χ4v) is 3.87. The van der Waals surface area contributed by atoms with E-state index in [0.717, 1.165) is 38.5 Å². The third kappa shape index (κ3) is 5.80. The highest BCUT2D eigenvalue weighted by molar-refractivity contribution is 5.93. The number of nitrogens with one attached hydrogen (secondary N) is 2. The number of hydrogen-bond acceptors (Lipinski definition) is 6. The molecule has 0 bridgehead atoms. The van der Waals surface area contributed by atoms with Gasteiger partial charge in [0.2, 0.25) is 5.91 Å². The zero-order valence-electron chi connectivity index (χ0n) is 18.8. The van der Waals surface area contributed by atoms with Crippen molar-refractivity contribution < 1.29 is 14.3 Å². The van der Waals surface area contributed by atoms with Crippen molar-refractivity contribution in [1.29, 1.82) is 0 Å². The Morgan fingerprint density at radius 3 is 2.65 bits per heavy atom. The molecule has 9 nitrogen and oxygen atoms in total. The molecule has 1 aliphatic carbocycles. The van der Waals surface area contributed by atoms with E-state index in [1.807, 2.05) is 26.8 Å². The predicted molar refractivity (Wildman–Crippen MR) is 119 cm³/mol. The summed E-state index contributed by atoms with van der Waals surface area (Å²) in [5.74, 6) is 0.535. The Hall–Kier alpha value is -2.97. The van der Waals surface area contributed by atoms with Crippen LogP contribution in [0.25, 0.3) is 11.4 Å². The molecule has 0 aromatic carbocycles. The van der Waals surface area contributed by atoms with Crippen molar-refractivity contribution in [2.75, 3.05) is 10.6 Å². The van der Waals surface area contributed by atoms with Crippen LogP contribution in [-0.4, -0.2) is 38.1 Å². The van der Waals surface area contributed by atoms with E-state index in [4.69, 9.17) is 4.74 Å². The highest BCUT2D eigenvalue weighted by atomic mass is 16.6. The molecule has 168 valence electrons. The molecule has 2 amide bonds. The predicted octanol–water partition coefficient (Wildman–Crippen LogP) is 4.44. The quantitative estimate of drug-likeness (QED) is 0.674. The van der Waals surface area contributed by atoms with Gasteiger partial charge < -0.3 is 10.1 Å². The van der Waals surface area contributed by atoms with Gasteiger partial charge in [-0.05, 0) is 45.2 Å². The molecular formula is C22H32N6O3. The first kappa shape index (κ1) is 22.7. The van der Waals surface area contributed by atoms with Crippen molar-refractivity contribution in [3.05, 3.63) is 17.8 Å². The molecule has 1 atom stereocenters. The van der Waals surface area contributed by atoms with E-state index < -0.39 is 6.09 Å². The zero-order valence-corrected chi connectivity index (χ0v) is 18.8. The number of pyridine rings is 1. The van der Waals surface area contributed by atoms with Crippen molar-refractivity contribution in [2.24, 2.45) is 13.0 Å². The molecular weight excluding hydrogens is 396 g/mol. The zero-order chi connectivity index (χ0) is 22.4. The number of ether oxygens (including phenoxy) is 1. The second-order valence-corrected chi connectivity index (χ2v) is 8.19. The summed E-state index contributed by atoms with van der Waals surface area (Å²) in [5, 5.41) is 13.9. The minimum atomic E-state index is -0.555. The Bertz CT molecular complexity index is 920. The number of amides is 2. The van der Waals surface area contributed by atoms with Gasteiger partial charge in [0.15, 0.2) is 11.5 Å². The van der Waals surface area contributed by atoms with E-state index in [0.29, 0.717) is 28.6 Å². The van der Waals surface area contributed by atoms with E-state index in [9.17, 15) is 9.59 Å². The molecule has 0 aliphatic heterocycles. The van der Waals surface area contributed by atoms with Gasteiger partial charge in [0, 0.05) is 13.0 Å². The van der Waals surface area contributed by atoms with Gasteiger partial charge in [-0.3, -0.25) is 10.1 Å². The lowest BCUT2D eigenvalue weighted by Gasteiger charge is -2.21. The molecule has 3 rings (SSSR count). The SMILES string of the molecule is CCC[C@H](C)OC(=O)Nc1c(-c2ccc(NC(=O)C3CCCCC3)c(C)n2)nnn1C. The van der Waals surface area contributed by atoms with Gasteiger partial charge in [-0.2, -0.15) is 0 Å². The number of hydrogen-bond donors (Lipinski definition) is 2. The summed E-state index contributed by atoms with van der Waals surface area (Å²) >= 11 is 0. The van der Waals surface area contributed by atoms with Gasteiger partial charge in [-0.15, -0.1) is 5.10 Å². The second kappa shape index (κ2) is 10.4. The summed E-state index contributed by atoms with van der Waals surface area (Å²) in [6.45, 7) is 5.73. The highest BCUT2D eigenvalue weighted by Crippen LogP contribution is 2.28. The van der Waals surface area contributed by atoms with Crippen LogP contribution < -0.4 is 10.6 Å². The van der Waals surface area contributed by atoms with Crippen LogP contribution in [0.2, 0.25) is 0 Å². The number of carbonyl (C=O) groups is 2. The molecule has 2 aromatic heterocycles. The molecule has 2 aromatic rings. The fourth-order valence-electron chi connectivity index (χ4n) is 3.87. The molecule has 0 radical (unpaired) electrons. The Kier molecular flexibility index (Phi) is 7.59. The summed E-state index contributed by atoms with van der Waals surface area (Å²) in [4.78, 5) is 29.4. The van der Waals surface area contributed by atoms with E-state index in [1.54, 1.807) is 13.1 Å². The Balaban J connectivity index is 1.72. The third-order valence-corrected chi connectivity index (χ3v) is 5.61. The number of aromatic nitrogens is 4. The molecule has 0 unspecified atom stereocenters. The van der Waals surface area contributed by atoms with Gasteiger partial charge in [0.1, 0.15) is 6.10 Å². The molecule has 0 saturated heterocycles. The molecule has 1 saturated carbocycles. The van der Waals surface area contributed by atoms with Crippen LogP contribution in [0.4, 0.5) is 16.3 Å². The molecule has 2 heterocycles. The lowest BCUT2D eigenvalue weighted by molar-refractivity contribution is -0.120. The van der Waals surface area contributed by atoms with Crippen LogP contribution in [0.3, 0.4) is 0 Å². The maximum Gasteiger partial charge on any atom is 0.413 e. The summed E-state index contributed by atoms with van der Waals surface area (Å²) < 4.78 is 6.84. The molecule has 9 heteroatoms. The van der Waals surface area contributed by atoms with Gasteiger partial charge in [0.25, 0.3) is 0 Å². The summed E-state index contributed by atoms with van der Waals surface area (Å²) in [5.41, 5.74) is 2.36.